The Morgan fingerprint density at radius 3 is 2.94 bits per heavy atom. The molecular formula is C16H14NO. The average molecular weight is 236 g/mol. The summed E-state index contributed by atoms with van der Waals surface area (Å²) in [5, 5.41) is 10.2. The topological polar surface area (TPSA) is 23.5 Å². The van der Waals surface area contributed by atoms with Gasteiger partial charge in [-0.15, -0.1) is 0 Å². The van der Waals surface area contributed by atoms with E-state index in [1.165, 1.54) is 12.8 Å². The lowest BCUT2D eigenvalue weighted by atomic mass is 10.1. The lowest BCUT2D eigenvalue weighted by Gasteiger charge is -2.25. The summed E-state index contributed by atoms with van der Waals surface area (Å²) >= 11 is 0. The fourth-order valence-corrected chi connectivity index (χ4v) is 2.02. The van der Waals surface area contributed by atoms with Gasteiger partial charge in [-0.3, -0.25) is 0 Å². The Kier molecular flexibility index (Phi) is 2.82. The maximum Gasteiger partial charge on any atom is 0.203 e. The summed E-state index contributed by atoms with van der Waals surface area (Å²) in [5.74, 6) is 6.41. The molecule has 2 aliphatic rings. The zero-order chi connectivity index (χ0) is 12.4. The first-order valence-electron chi connectivity index (χ1n) is 6.19. The minimum absolute atomic E-state index is 0.326. The molecule has 0 aromatic heterocycles. The van der Waals surface area contributed by atoms with Crippen LogP contribution >= 0.6 is 0 Å². The van der Waals surface area contributed by atoms with Gasteiger partial charge in [0.05, 0.1) is 5.57 Å². The lowest BCUT2D eigenvalue weighted by Crippen LogP contribution is -2.28. The molecule has 1 aliphatic carbocycles. The summed E-state index contributed by atoms with van der Waals surface area (Å²) < 4.78 is 0. The van der Waals surface area contributed by atoms with Gasteiger partial charge in [-0.25, -0.2) is 0 Å². The third-order valence-corrected chi connectivity index (χ3v) is 3.14. The second-order valence-electron chi connectivity index (χ2n) is 4.57. The molecule has 2 heteroatoms. The average Bonchev–Trinajstić information content (AvgIpc) is 3.23. The van der Waals surface area contributed by atoms with E-state index in [4.69, 9.17) is 0 Å². The van der Waals surface area contributed by atoms with Crippen molar-refractivity contribution in [2.75, 3.05) is 6.54 Å². The summed E-state index contributed by atoms with van der Waals surface area (Å²) in [7, 11) is 0. The Bertz CT molecular complexity index is 556. The van der Waals surface area contributed by atoms with Gasteiger partial charge >= 0.3 is 0 Å². The highest BCUT2D eigenvalue weighted by atomic mass is 16.3. The van der Waals surface area contributed by atoms with Gasteiger partial charge in [-0.05, 0) is 37.1 Å². The molecule has 1 heterocycles. The maximum absolute atomic E-state index is 10.2. The molecule has 2 nitrogen and oxygen atoms in total. The maximum atomic E-state index is 10.2. The molecule has 89 valence electrons. The second-order valence-corrected chi connectivity index (χ2v) is 4.57. The van der Waals surface area contributed by atoms with E-state index in [9.17, 15) is 5.11 Å². The zero-order valence-corrected chi connectivity index (χ0v) is 10.1. The summed E-state index contributed by atoms with van der Waals surface area (Å²) in [6.45, 7) is 0.792. The molecule has 1 aliphatic heterocycles. The van der Waals surface area contributed by atoms with Crippen LogP contribution in [-0.4, -0.2) is 22.6 Å². The molecule has 0 atom stereocenters. The van der Waals surface area contributed by atoms with Crippen molar-refractivity contribution >= 4 is 0 Å². The van der Waals surface area contributed by atoms with Crippen LogP contribution in [0.15, 0.2) is 47.9 Å². The Balaban J connectivity index is 1.85. The van der Waals surface area contributed by atoms with Gasteiger partial charge in [0.25, 0.3) is 0 Å². The molecule has 1 saturated carbocycles. The Morgan fingerprint density at radius 1 is 1.33 bits per heavy atom. The number of nitrogens with zero attached hydrogens (tertiary/aromatic N) is 1. The first-order chi connectivity index (χ1) is 8.84. The van der Waals surface area contributed by atoms with Crippen molar-refractivity contribution in [1.29, 1.82) is 0 Å². The molecule has 0 saturated heterocycles. The molecule has 1 N–H and O–H groups in total. The van der Waals surface area contributed by atoms with Crippen molar-refractivity contribution in [3.8, 4) is 11.8 Å². The Morgan fingerprint density at radius 2 is 2.22 bits per heavy atom. The molecule has 1 fully saturated rings. The smallest absolute Gasteiger partial charge is 0.203 e. The third-order valence-electron chi connectivity index (χ3n) is 3.14. The van der Waals surface area contributed by atoms with E-state index in [0.717, 1.165) is 12.1 Å². The minimum Gasteiger partial charge on any atom is -0.494 e. The van der Waals surface area contributed by atoms with Crippen LogP contribution in [0.2, 0.25) is 0 Å². The summed E-state index contributed by atoms with van der Waals surface area (Å²) in [6.07, 6.45) is 6.30. The van der Waals surface area contributed by atoms with Crippen LogP contribution in [0.5, 0.6) is 0 Å². The van der Waals surface area contributed by atoms with E-state index >= 15 is 0 Å². The van der Waals surface area contributed by atoms with Crippen LogP contribution in [-0.2, 0) is 0 Å². The van der Waals surface area contributed by atoms with E-state index in [0.29, 0.717) is 17.5 Å². The van der Waals surface area contributed by atoms with Crippen molar-refractivity contribution in [3.05, 3.63) is 59.5 Å². The number of aliphatic hydroxyl groups excluding tert-OH is 1. The van der Waals surface area contributed by atoms with E-state index in [1.54, 1.807) is 0 Å². The van der Waals surface area contributed by atoms with Crippen molar-refractivity contribution in [3.63, 3.8) is 0 Å². The van der Waals surface area contributed by atoms with Gasteiger partial charge in [0.2, 0.25) is 5.88 Å². The number of hydrogen-bond donors (Lipinski definition) is 1. The Labute approximate surface area is 107 Å². The highest BCUT2D eigenvalue weighted by Crippen LogP contribution is 2.31. The first-order valence-corrected chi connectivity index (χ1v) is 6.19. The highest BCUT2D eigenvalue weighted by molar-refractivity contribution is 5.47. The van der Waals surface area contributed by atoms with E-state index in [-0.39, 0.29) is 0 Å². The summed E-state index contributed by atoms with van der Waals surface area (Å²) in [6, 6.07) is 11.0. The number of hydrogen-bond acceptors (Lipinski definition) is 2. The van der Waals surface area contributed by atoms with Gasteiger partial charge < -0.3 is 10.0 Å². The highest BCUT2D eigenvalue weighted by Gasteiger charge is 2.31. The number of rotatable bonds is 1. The first kappa shape index (κ1) is 11.0. The van der Waals surface area contributed by atoms with Gasteiger partial charge in [0, 0.05) is 18.2 Å². The van der Waals surface area contributed by atoms with Crippen LogP contribution in [0.3, 0.4) is 0 Å². The zero-order valence-electron chi connectivity index (χ0n) is 10.1. The van der Waals surface area contributed by atoms with Gasteiger partial charge in [-0.2, -0.15) is 0 Å². The molecule has 0 unspecified atom stereocenters. The van der Waals surface area contributed by atoms with Gasteiger partial charge in [0.1, 0.15) is 0 Å². The number of aliphatic hydroxyl groups is 1. The van der Waals surface area contributed by atoms with Crippen LogP contribution in [0.25, 0.3) is 0 Å². The molecule has 0 bridgehead atoms. The predicted octanol–water partition coefficient (Wildman–Crippen LogP) is 2.64. The van der Waals surface area contributed by atoms with Crippen molar-refractivity contribution in [1.82, 2.24) is 4.90 Å². The SMILES string of the molecule is OC1=C(C#Cc2c[c]ccc2)C=CCN1C1CC1. The second kappa shape index (κ2) is 4.62. The molecule has 0 amide bonds. The van der Waals surface area contributed by atoms with Crippen LogP contribution in [0.4, 0.5) is 0 Å². The molecular weight excluding hydrogens is 222 g/mol. The summed E-state index contributed by atoms with van der Waals surface area (Å²) in [4.78, 5) is 2.03. The van der Waals surface area contributed by atoms with Crippen molar-refractivity contribution < 1.29 is 5.11 Å². The Hall–Kier alpha value is -2.14. The van der Waals surface area contributed by atoms with Crippen LogP contribution in [0, 0.1) is 17.9 Å². The molecule has 0 spiro atoms. The van der Waals surface area contributed by atoms with Crippen LogP contribution < -0.4 is 0 Å². The largest absolute Gasteiger partial charge is 0.494 e. The van der Waals surface area contributed by atoms with Gasteiger partial charge in [-0.1, -0.05) is 30.0 Å². The van der Waals surface area contributed by atoms with Crippen LogP contribution in [0.1, 0.15) is 18.4 Å². The minimum atomic E-state index is 0.326. The molecule has 3 rings (SSSR count). The van der Waals surface area contributed by atoms with Crippen molar-refractivity contribution in [2.45, 2.75) is 18.9 Å². The van der Waals surface area contributed by atoms with Crippen molar-refractivity contribution in [2.24, 2.45) is 0 Å². The van der Waals surface area contributed by atoms with E-state index in [1.807, 2.05) is 35.2 Å². The fraction of sp³-hybridized carbons (Fsp3) is 0.250. The normalized spacial score (nSPS) is 18.6. The molecule has 1 radical (unpaired) electrons. The standard InChI is InChI=1S/C16H14NO/c18-16-14(7-4-12-17(16)15-10-11-15)9-8-13-5-2-1-3-6-13/h1-2,4-7,15,18H,10-12H2. The lowest BCUT2D eigenvalue weighted by molar-refractivity contribution is 0.203. The third kappa shape index (κ3) is 2.26. The molecule has 1 aromatic carbocycles. The quantitative estimate of drug-likeness (QED) is 0.758. The van der Waals surface area contributed by atoms with Gasteiger partial charge in [0.15, 0.2) is 0 Å². The molecule has 18 heavy (non-hydrogen) atoms. The monoisotopic (exact) mass is 236 g/mol. The number of allylic oxidation sites excluding steroid dienone is 2. The van der Waals surface area contributed by atoms with E-state index in [2.05, 4.69) is 24.0 Å². The predicted molar refractivity (Wildman–Crippen MR) is 70.7 cm³/mol. The number of benzene rings is 1. The van der Waals surface area contributed by atoms with E-state index < -0.39 is 0 Å². The molecule has 1 aromatic rings. The fourth-order valence-electron chi connectivity index (χ4n) is 2.02. The summed E-state index contributed by atoms with van der Waals surface area (Å²) in [5.41, 5.74) is 1.62.